The molecule has 0 bridgehead atoms. The third-order valence-electron chi connectivity index (χ3n) is 2.83. The number of esters is 1. The molecular weight excluding hydrogens is 260 g/mol. The summed E-state index contributed by atoms with van der Waals surface area (Å²) in [6.07, 6.45) is 0.760. The topological polar surface area (TPSA) is 88.0 Å². The van der Waals surface area contributed by atoms with E-state index in [1.165, 1.54) is 0 Å². The van der Waals surface area contributed by atoms with Crippen LogP contribution in [0.25, 0.3) is 0 Å². The first kappa shape index (κ1) is 15.7. The smallest absolute Gasteiger partial charge is 0.315 e. The first-order chi connectivity index (χ1) is 9.41. The van der Waals surface area contributed by atoms with E-state index in [0.29, 0.717) is 12.3 Å². The van der Waals surface area contributed by atoms with Gasteiger partial charge in [0, 0.05) is 5.69 Å². The number of nitrogens with zero attached hydrogens (tertiary/aromatic N) is 1. The third-order valence-corrected chi connectivity index (χ3v) is 2.83. The number of amides is 1. The Morgan fingerprint density at radius 3 is 2.45 bits per heavy atom. The molecule has 0 radical (unpaired) electrons. The first-order valence-corrected chi connectivity index (χ1v) is 6.18. The predicted molar refractivity (Wildman–Crippen MR) is 75.0 cm³/mol. The molecule has 1 amide bonds. The van der Waals surface area contributed by atoms with Gasteiger partial charge in [-0.15, -0.1) is 0 Å². The normalized spacial score (nSPS) is 11.3. The summed E-state index contributed by atoms with van der Waals surface area (Å²) >= 11 is 0. The van der Waals surface area contributed by atoms with Crippen molar-refractivity contribution in [2.24, 2.45) is 5.16 Å². The quantitative estimate of drug-likeness (QED) is 0.373. The second-order valence-electron chi connectivity index (χ2n) is 4.66. The fraction of sp³-hybridized carbons (Fsp3) is 0.357. The van der Waals surface area contributed by atoms with Crippen LogP contribution >= 0.6 is 0 Å². The van der Waals surface area contributed by atoms with E-state index in [9.17, 15) is 9.59 Å². The SMILES string of the molecule is CCOC(=O)C(C)(C)c1ccc(NC(=O)C=NO)cc1. The minimum Gasteiger partial charge on any atom is -0.465 e. The van der Waals surface area contributed by atoms with Crippen LogP contribution in [0.15, 0.2) is 29.4 Å². The van der Waals surface area contributed by atoms with E-state index in [-0.39, 0.29) is 5.97 Å². The molecule has 20 heavy (non-hydrogen) atoms. The van der Waals surface area contributed by atoms with Crippen molar-refractivity contribution < 1.29 is 19.5 Å². The van der Waals surface area contributed by atoms with Crippen LogP contribution in [0.1, 0.15) is 26.3 Å². The molecule has 0 heterocycles. The van der Waals surface area contributed by atoms with E-state index in [1.54, 1.807) is 45.0 Å². The monoisotopic (exact) mass is 278 g/mol. The van der Waals surface area contributed by atoms with Crippen LogP contribution in [0.4, 0.5) is 5.69 Å². The molecule has 6 heteroatoms. The van der Waals surface area contributed by atoms with Gasteiger partial charge in [-0.25, -0.2) is 0 Å². The lowest BCUT2D eigenvalue weighted by Gasteiger charge is -2.23. The van der Waals surface area contributed by atoms with Crippen molar-refractivity contribution in [2.45, 2.75) is 26.2 Å². The second kappa shape index (κ2) is 6.70. The van der Waals surface area contributed by atoms with Crippen molar-refractivity contribution in [3.63, 3.8) is 0 Å². The third kappa shape index (κ3) is 3.81. The highest BCUT2D eigenvalue weighted by Gasteiger charge is 2.31. The molecule has 0 fully saturated rings. The number of rotatable bonds is 5. The van der Waals surface area contributed by atoms with Crippen LogP contribution in [-0.4, -0.2) is 29.9 Å². The van der Waals surface area contributed by atoms with Crippen LogP contribution in [0.5, 0.6) is 0 Å². The molecular formula is C14H18N2O4. The first-order valence-electron chi connectivity index (χ1n) is 6.18. The molecule has 1 rings (SSSR count). The Morgan fingerprint density at radius 1 is 1.35 bits per heavy atom. The number of oxime groups is 1. The minimum atomic E-state index is -0.759. The summed E-state index contributed by atoms with van der Waals surface area (Å²) in [5.41, 5.74) is 0.563. The van der Waals surface area contributed by atoms with Gasteiger partial charge in [0.25, 0.3) is 5.91 Å². The summed E-state index contributed by atoms with van der Waals surface area (Å²) in [6.45, 7) is 5.64. The highest BCUT2D eigenvalue weighted by molar-refractivity contribution is 6.31. The van der Waals surface area contributed by atoms with Gasteiger partial charge in [0.1, 0.15) is 6.21 Å². The standard InChI is InChI=1S/C14H18N2O4/c1-4-20-13(18)14(2,3)10-5-7-11(8-6-10)16-12(17)9-15-19/h5-9,19H,4H2,1-3H3,(H,16,17). The Kier molecular flexibility index (Phi) is 5.25. The summed E-state index contributed by atoms with van der Waals surface area (Å²) in [4.78, 5) is 23.1. The Bertz CT molecular complexity index is 506. The van der Waals surface area contributed by atoms with Crippen molar-refractivity contribution in [3.8, 4) is 0 Å². The number of hydrogen-bond donors (Lipinski definition) is 2. The van der Waals surface area contributed by atoms with Gasteiger partial charge in [0.2, 0.25) is 0 Å². The number of benzene rings is 1. The van der Waals surface area contributed by atoms with Crippen molar-refractivity contribution in [3.05, 3.63) is 29.8 Å². The number of hydrogen-bond acceptors (Lipinski definition) is 5. The average molecular weight is 278 g/mol. The van der Waals surface area contributed by atoms with E-state index in [1.807, 2.05) is 0 Å². The van der Waals surface area contributed by atoms with Gasteiger partial charge in [-0.05, 0) is 38.5 Å². The average Bonchev–Trinajstić information content (AvgIpc) is 2.39. The van der Waals surface area contributed by atoms with Crippen molar-refractivity contribution in [2.75, 3.05) is 11.9 Å². The van der Waals surface area contributed by atoms with Crippen LogP contribution in [0.2, 0.25) is 0 Å². The lowest BCUT2D eigenvalue weighted by Crippen LogP contribution is -2.31. The highest BCUT2D eigenvalue weighted by atomic mass is 16.5. The Morgan fingerprint density at radius 2 is 1.95 bits per heavy atom. The maximum absolute atomic E-state index is 11.9. The predicted octanol–water partition coefficient (Wildman–Crippen LogP) is 1.93. The van der Waals surface area contributed by atoms with Crippen LogP contribution in [0.3, 0.4) is 0 Å². The lowest BCUT2D eigenvalue weighted by atomic mass is 9.84. The van der Waals surface area contributed by atoms with E-state index in [4.69, 9.17) is 9.94 Å². The van der Waals surface area contributed by atoms with Crippen molar-refractivity contribution >= 4 is 23.8 Å². The maximum atomic E-state index is 11.9. The summed E-state index contributed by atoms with van der Waals surface area (Å²) < 4.78 is 5.03. The zero-order valence-electron chi connectivity index (χ0n) is 11.7. The molecule has 0 saturated carbocycles. The maximum Gasteiger partial charge on any atom is 0.315 e. The van der Waals surface area contributed by atoms with Crippen LogP contribution in [0, 0.1) is 0 Å². The molecule has 2 N–H and O–H groups in total. The van der Waals surface area contributed by atoms with Gasteiger partial charge in [-0.2, -0.15) is 0 Å². The number of nitrogens with one attached hydrogen (secondary N) is 1. The molecule has 0 atom stereocenters. The van der Waals surface area contributed by atoms with Crippen molar-refractivity contribution in [1.29, 1.82) is 0 Å². The van der Waals surface area contributed by atoms with Crippen molar-refractivity contribution in [1.82, 2.24) is 0 Å². The molecule has 0 aliphatic carbocycles. The van der Waals surface area contributed by atoms with Gasteiger partial charge < -0.3 is 15.3 Å². The summed E-state index contributed by atoms with van der Waals surface area (Å²) in [5.74, 6) is -0.839. The Hall–Kier alpha value is -2.37. The van der Waals surface area contributed by atoms with E-state index in [2.05, 4.69) is 10.5 Å². The second-order valence-corrected chi connectivity index (χ2v) is 4.66. The lowest BCUT2D eigenvalue weighted by molar-refractivity contribution is -0.148. The van der Waals surface area contributed by atoms with Gasteiger partial charge >= 0.3 is 5.97 Å². The number of anilines is 1. The van der Waals surface area contributed by atoms with Crippen LogP contribution in [-0.2, 0) is 19.7 Å². The van der Waals surface area contributed by atoms with Gasteiger partial charge in [0.05, 0.1) is 12.0 Å². The molecule has 0 aliphatic rings. The van der Waals surface area contributed by atoms with Gasteiger partial charge in [-0.1, -0.05) is 17.3 Å². The largest absolute Gasteiger partial charge is 0.465 e. The minimum absolute atomic E-state index is 0.302. The molecule has 0 unspecified atom stereocenters. The summed E-state index contributed by atoms with van der Waals surface area (Å²) in [5, 5.41) is 13.4. The molecule has 1 aromatic carbocycles. The zero-order chi connectivity index (χ0) is 15.2. The van der Waals surface area contributed by atoms with E-state index in [0.717, 1.165) is 11.8 Å². The Balaban J connectivity index is 2.85. The van der Waals surface area contributed by atoms with Crippen LogP contribution < -0.4 is 5.32 Å². The number of carbonyl (C=O) groups excluding carboxylic acids is 2. The zero-order valence-corrected chi connectivity index (χ0v) is 11.7. The summed E-state index contributed by atoms with van der Waals surface area (Å²) in [7, 11) is 0. The molecule has 1 aromatic rings. The summed E-state index contributed by atoms with van der Waals surface area (Å²) in [6, 6.07) is 6.81. The van der Waals surface area contributed by atoms with E-state index < -0.39 is 11.3 Å². The molecule has 108 valence electrons. The number of carbonyl (C=O) groups is 2. The molecule has 6 nitrogen and oxygen atoms in total. The van der Waals surface area contributed by atoms with Gasteiger partial charge in [-0.3, -0.25) is 9.59 Å². The molecule has 0 aliphatic heterocycles. The molecule has 0 aromatic heterocycles. The molecule has 0 spiro atoms. The molecule has 0 saturated heterocycles. The number of ether oxygens (including phenoxy) is 1. The highest BCUT2D eigenvalue weighted by Crippen LogP contribution is 2.26. The Labute approximate surface area is 117 Å². The van der Waals surface area contributed by atoms with Gasteiger partial charge in [0.15, 0.2) is 0 Å². The fourth-order valence-electron chi connectivity index (χ4n) is 1.63. The fourth-order valence-corrected chi connectivity index (χ4v) is 1.63. The van der Waals surface area contributed by atoms with E-state index >= 15 is 0 Å².